The van der Waals surface area contributed by atoms with E-state index in [0.29, 0.717) is 21.2 Å². The van der Waals surface area contributed by atoms with Gasteiger partial charge < -0.3 is 10.1 Å². The fraction of sp³-hybridized carbons (Fsp3) is 0.261. The molecule has 0 spiro atoms. The number of para-hydroxylation sites is 1. The van der Waals surface area contributed by atoms with Crippen molar-refractivity contribution in [1.29, 1.82) is 0 Å². The van der Waals surface area contributed by atoms with Crippen molar-refractivity contribution in [3.8, 4) is 5.75 Å². The molecule has 0 bridgehead atoms. The molecule has 5 nitrogen and oxygen atoms in total. The maximum absolute atomic E-state index is 12.8. The van der Waals surface area contributed by atoms with Crippen LogP contribution < -0.4 is 10.1 Å². The number of anilines is 1. The number of nitrogens with one attached hydrogen (secondary N) is 1. The fourth-order valence-electron chi connectivity index (χ4n) is 3.20. The maximum atomic E-state index is 12.8. The van der Waals surface area contributed by atoms with E-state index < -0.39 is 6.61 Å². The van der Waals surface area contributed by atoms with Gasteiger partial charge in [0.2, 0.25) is 5.91 Å². The Morgan fingerprint density at radius 3 is 2.72 bits per heavy atom. The Bertz CT molecular complexity index is 1070. The summed E-state index contributed by atoms with van der Waals surface area (Å²) in [4.78, 5) is 26.8. The highest BCUT2D eigenvalue weighted by molar-refractivity contribution is 8.26. The second kappa shape index (κ2) is 10.7. The second-order valence-corrected chi connectivity index (χ2v) is 8.90. The highest BCUT2D eigenvalue weighted by atomic mass is 32.2. The van der Waals surface area contributed by atoms with Gasteiger partial charge in [-0.1, -0.05) is 59.9 Å². The lowest BCUT2D eigenvalue weighted by Gasteiger charge is -2.14. The number of amides is 2. The average Bonchev–Trinajstić information content (AvgIpc) is 2.98. The summed E-state index contributed by atoms with van der Waals surface area (Å²) in [6.07, 6.45) is 2.15. The lowest BCUT2D eigenvalue weighted by Crippen LogP contribution is -2.29. The first-order valence-corrected chi connectivity index (χ1v) is 11.1. The van der Waals surface area contributed by atoms with Crippen molar-refractivity contribution in [3.05, 3.63) is 64.1 Å². The molecule has 0 radical (unpaired) electrons. The summed E-state index contributed by atoms with van der Waals surface area (Å²) >= 11 is 6.40. The smallest absolute Gasteiger partial charge is 0.387 e. The van der Waals surface area contributed by atoms with E-state index in [1.165, 1.54) is 17.0 Å². The molecule has 0 aromatic heterocycles. The third kappa shape index (κ3) is 6.14. The molecular weight excluding hydrogens is 454 g/mol. The van der Waals surface area contributed by atoms with Gasteiger partial charge in [0.05, 0.1) is 4.91 Å². The van der Waals surface area contributed by atoms with Crippen LogP contribution in [-0.4, -0.2) is 34.2 Å². The van der Waals surface area contributed by atoms with E-state index in [4.69, 9.17) is 12.2 Å². The Kier molecular flexibility index (Phi) is 7.98. The van der Waals surface area contributed by atoms with Crippen LogP contribution in [0.3, 0.4) is 0 Å². The van der Waals surface area contributed by atoms with Crippen molar-refractivity contribution in [2.45, 2.75) is 33.3 Å². The van der Waals surface area contributed by atoms with Crippen molar-refractivity contribution >= 4 is 51.9 Å². The molecule has 1 saturated heterocycles. The Morgan fingerprint density at radius 1 is 1.25 bits per heavy atom. The van der Waals surface area contributed by atoms with Gasteiger partial charge in [-0.15, -0.1) is 0 Å². The van der Waals surface area contributed by atoms with E-state index in [2.05, 4.69) is 10.1 Å². The summed E-state index contributed by atoms with van der Waals surface area (Å²) in [5.74, 6) is -0.478. The van der Waals surface area contributed by atoms with E-state index in [1.54, 1.807) is 18.2 Å². The van der Waals surface area contributed by atoms with Crippen molar-refractivity contribution in [1.82, 2.24) is 4.90 Å². The van der Waals surface area contributed by atoms with Gasteiger partial charge in [0.15, 0.2) is 0 Å². The molecule has 2 aromatic carbocycles. The van der Waals surface area contributed by atoms with Crippen LogP contribution >= 0.6 is 24.0 Å². The molecular formula is C23H22F2N2O3S2. The largest absolute Gasteiger partial charge is 0.434 e. The zero-order valence-corrected chi connectivity index (χ0v) is 19.2. The highest BCUT2D eigenvalue weighted by Crippen LogP contribution is 2.34. The van der Waals surface area contributed by atoms with Crippen LogP contribution in [0, 0.1) is 13.8 Å². The third-order valence-corrected chi connectivity index (χ3v) is 6.11. The first-order chi connectivity index (χ1) is 15.2. The van der Waals surface area contributed by atoms with E-state index in [1.807, 2.05) is 32.0 Å². The Balaban J connectivity index is 1.58. The summed E-state index contributed by atoms with van der Waals surface area (Å²) in [7, 11) is 0. The Labute approximate surface area is 194 Å². The van der Waals surface area contributed by atoms with Crippen molar-refractivity contribution in [2.24, 2.45) is 0 Å². The molecule has 0 aliphatic carbocycles. The number of aryl methyl sites for hydroxylation is 2. The number of nitrogens with zero attached hydrogens (tertiary/aromatic N) is 1. The van der Waals surface area contributed by atoms with Gasteiger partial charge in [-0.05, 0) is 44.0 Å². The lowest BCUT2D eigenvalue weighted by molar-refractivity contribution is -0.122. The molecule has 3 rings (SSSR count). The van der Waals surface area contributed by atoms with Crippen LogP contribution in [-0.2, 0) is 9.59 Å². The zero-order valence-electron chi connectivity index (χ0n) is 17.6. The quantitative estimate of drug-likeness (QED) is 0.401. The molecule has 168 valence electrons. The highest BCUT2D eigenvalue weighted by Gasteiger charge is 2.32. The standard InChI is InChI=1S/C23H22F2N2O3S2/c1-14-9-10-17(15(2)12-14)26-20(28)8-5-11-27-21(29)19(32-23(27)31)13-16-6-3-4-7-18(16)30-22(24)25/h3-4,6-7,9-10,12-13,22H,5,8,11H2,1-2H3,(H,26,28)/b19-13+. The molecule has 1 N–H and O–H groups in total. The summed E-state index contributed by atoms with van der Waals surface area (Å²) < 4.78 is 30.1. The molecule has 2 amide bonds. The Morgan fingerprint density at radius 2 is 2.00 bits per heavy atom. The van der Waals surface area contributed by atoms with Crippen LogP contribution in [0.15, 0.2) is 47.4 Å². The van der Waals surface area contributed by atoms with Crippen LogP contribution in [0.5, 0.6) is 5.75 Å². The summed E-state index contributed by atoms with van der Waals surface area (Å²) in [5, 5.41) is 2.88. The van der Waals surface area contributed by atoms with E-state index >= 15 is 0 Å². The molecule has 1 aliphatic heterocycles. The first kappa shape index (κ1) is 23.9. The van der Waals surface area contributed by atoms with Gasteiger partial charge in [0.25, 0.3) is 5.91 Å². The molecule has 1 aliphatic rings. The topological polar surface area (TPSA) is 58.6 Å². The molecule has 32 heavy (non-hydrogen) atoms. The van der Waals surface area contributed by atoms with Crippen LogP contribution in [0.2, 0.25) is 0 Å². The van der Waals surface area contributed by atoms with Gasteiger partial charge in [-0.2, -0.15) is 8.78 Å². The molecule has 2 aromatic rings. The lowest BCUT2D eigenvalue weighted by atomic mass is 10.1. The number of ether oxygens (including phenoxy) is 1. The number of alkyl halides is 2. The SMILES string of the molecule is Cc1ccc(NC(=O)CCCN2C(=O)/C(=C\c3ccccc3OC(F)F)SC2=S)c(C)c1. The third-order valence-electron chi connectivity index (χ3n) is 4.74. The van der Waals surface area contributed by atoms with E-state index in [0.717, 1.165) is 28.6 Å². The predicted octanol–water partition coefficient (Wildman–Crippen LogP) is 5.52. The van der Waals surface area contributed by atoms with Crippen LogP contribution in [0.25, 0.3) is 6.08 Å². The van der Waals surface area contributed by atoms with Gasteiger partial charge in [0, 0.05) is 24.2 Å². The minimum Gasteiger partial charge on any atom is -0.434 e. The molecule has 9 heteroatoms. The average molecular weight is 477 g/mol. The number of rotatable bonds is 8. The number of halogens is 2. The van der Waals surface area contributed by atoms with Crippen molar-refractivity contribution in [2.75, 3.05) is 11.9 Å². The van der Waals surface area contributed by atoms with Crippen molar-refractivity contribution < 1.29 is 23.1 Å². The molecule has 0 unspecified atom stereocenters. The number of carbonyl (C=O) groups is 2. The number of benzene rings is 2. The molecule has 0 saturated carbocycles. The van der Waals surface area contributed by atoms with Gasteiger partial charge in [0.1, 0.15) is 10.1 Å². The minimum atomic E-state index is -2.96. The summed E-state index contributed by atoms with van der Waals surface area (Å²) in [5.41, 5.74) is 3.22. The zero-order chi connectivity index (χ0) is 23.3. The number of hydrogen-bond acceptors (Lipinski definition) is 5. The fourth-order valence-corrected chi connectivity index (χ4v) is 4.50. The van der Waals surface area contributed by atoms with Gasteiger partial charge in [-0.25, -0.2) is 0 Å². The first-order valence-electron chi connectivity index (χ1n) is 9.91. The summed E-state index contributed by atoms with van der Waals surface area (Å²) in [6, 6.07) is 12.0. The van der Waals surface area contributed by atoms with Gasteiger partial charge >= 0.3 is 6.61 Å². The molecule has 0 atom stereocenters. The predicted molar refractivity (Wildman–Crippen MR) is 127 cm³/mol. The summed E-state index contributed by atoms with van der Waals surface area (Å²) in [6.45, 7) is 1.24. The van der Waals surface area contributed by atoms with Crippen molar-refractivity contribution in [3.63, 3.8) is 0 Å². The monoisotopic (exact) mass is 476 g/mol. The van der Waals surface area contributed by atoms with Gasteiger partial charge in [-0.3, -0.25) is 14.5 Å². The molecule has 1 fully saturated rings. The minimum absolute atomic E-state index is 0.0177. The Hall–Kier alpha value is -2.78. The maximum Gasteiger partial charge on any atom is 0.387 e. The molecule has 1 heterocycles. The van der Waals surface area contributed by atoms with E-state index in [-0.39, 0.29) is 30.5 Å². The second-order valence-electron chi connectivity index (χ2n) is 7.22. The normalized spacial score (nSPS) is 15.0. The van der Waals surface area contributed by atoms with Crippen LogP contribution in [0.4, 0.5) is 14.5 Å². The number of carbonyl (C=O) groups excluding carboxylic acids is 2. The van der Waals surface area contributed by atoms with E-state index in [9.17, 15) is 18.4 Å². The number of thioether (sulfide) groups is 1. The number of hydrogen-bond donors (Lipinski definition) is 1. The van der Waals surface area contributed by atoms with Crippen LogP contribution in [0.1, 0.15) is 29.5 Å². The number of thiocarbonyl (C=S) groups is 1.